The number of H-pyrrole nitrogens is 1. The van der Waals surface area contributed by atoms with Gasteiger partial charge < -0.3 is 15.0 Å². The summed E-state index contributed by atoms with van der Waals surface area (Å²) in [5, 5.41) is 3.90. The monoisotopic (exact) mass is 318 g/mol. The lowest BCUT2D eigenvalue weighted by molar-refractivity contribution is 0.211. The van der Waals surface area contributed by atoms with Crippen LogP contribution in [0.3, 0.4) is 0 Å². The van der Waals surface area contributed by atoms with E-state index in [0.717, 1.165) is 24.3 Å². The average molecular weight is 319 g/mol. The van der Waals surface area contributed by atoms with Gasteiger partial charge in [0.2, 0.25) is 0 Å². The lowest BCUT2D eigenvalue weighted by Gasteiger charge is -2.17. The molecule has 2 N–H and O–H groups in total. The molecule has 1 aliphatic rings. The van der Waals surface area contributed by atoms with Crippen LogP contribution in [0.15, 0.2) is 41.3 Å². The van der Waals surface area contributed by atoms with Crippen molar-refractivity contribution >= 4 is 17.3 Å². The molecule has 0 radical (unpaired) electrons. The molecule has 4 nitrogen and oxygen atoms in total. The van der Waals surface area contributed by atoms with E-state index in [1.54, 1.807) is 12.3 Å². The highest BCUT2D eigenvalue weighted by Gasteiger charge is 2.18. The predicted molar refractivity (Wildman–Crippen MR) is 88.7 cm³/mol. The van der Waals surface area contributed by atoms with Crippen LogP contribution in [0.25, 0.3) is 0 Å². The highest BCUT2D eigenvalue weighted by molar-refractivity contribution is 6.30. The number of ether oxygens (including phenoxy) is 1. The Morgan fingerprint density at radius 3 is 2.86 bits per heavy atom. The van der Waals surface area contributed by atoms with Crippen LogP contribution in [-0.2, 0) is 6.54 Å². The highest BCUT2D eigenvalue weighted by atomic mass is 35.5. The van der Waals surface area contributed by atoms with Crippen molar-refractivity contribution in [3.8, 4) is 5.75 Å². The molecule has 2 aromatic rings. The molecule has 1 fully saturated rings. The van der Waals surface area contributed by atoms with Crippen molar-refractivity contribution in [3.05, 3.63) is 57.5 Å². The first-order valence-electron chi connectivity index (χ1n) is 7.59. The summed E-state index contributed by atoms with van der Waals surface area (Å²) in [4.78, 5) is 14.4. The first-order valence-corrected chi connectivity index (χ1v) is 7.97. The zero-order chi connectivity index (χ0) is 15.4. The molecule has 0 spiro atoms. The van der Waals surface area contributed by atoms with Crippen LogP contribution < -0.4 is 15.6 Å². The van der Waals surface area contributed by atoms with E-state index in [0.29, 0.717) is 17.1 Å². The van der Waals surface area contributed by atoms with Crippen molar-refractivity contribution in [3.63, 3.8) is 0 Å². The molecule has 1 heterocycles. The van der Waals surface area contributed by atoms with Gasteiger partial charge in [-0.15, -0.1) is 0 Å². The largest absolute Gasteiger partial charge is 0.488 e. The number of hydrogen-bond donors (Lipinski definition) is 2. The van der Waals surface area contributed by atoms with Crippen LogP contribution in [0.1, 0.15) is 31.2 Å². The summed E-state index contributed by atoms with van der Waals surface area (Å²) in [7, 11) is 0. The fourth-order valence-corrected chi connectivity index (χ4v) is 2.89. The Balaban J connectivity index is 1.75. The molecule has 0 amide bonds. The minimum Gasteiger partial charge on any atom is -0.488 e. The topological polar surface area (TPSA) is 54.1 Å². The van der Waals surface area contributed by atoms with Gasteiger partial charge in [-0.2, -0.15) is 0 Å². The zero-order valence-electron chi connectivity index (χ0n) is 12.3. The first kappa shape index (κ1) is 15.0. The maximum atomic E-state index is 11.7. The maximum absolute atomic E-state index is 11.7. The molecule has 116 valence electrons. The molecule has 0 saturated heterocycles. The minimum atomic E-state index is -0.0877. The van der Waals surface area contributed by atoms with Gasteiger partial charge in [-0.25, -0.2) is 0 Å². The van der Waals surface area contributed by atoms with E-state index in [-0.39, 0.29) is 11.7 Å². The van der Waals surface area contributed by atoms with Gasteiger partial charge in [-0.05, 0) is 49.9 Å². The molecular weight excluding hydrogens is 300 g/mol. The van der Waals surface area contributed by atoms with E-state index in [1.807, 2.05) is 24.3 Å². The zero-order valence-corrected chi connectivity index (χ0v) is 13.0. The predicted octanol–water partition coefficient (Wildman–Crippen LogP) is 3.96. The van der Waals surface area contributed by atoms with Crippen molar-refractivity contribution in [1.82, 2.24) is 4.98 Å². The Morgan fingerprint density at radius 1 is 1.27 bits per heavy atom. The van der Waals surface area contributed by atoms with Gasteiger partial charge in [0.05, 0.1) is 11.8 Å². The summed E-state index contributed by atoms with van der Waals surface area (Å²) < 4.78 is 6.07. The van der Waals surface area contributed by atoms with Crippen LogP contribution in [0.4, 0.5) is 5.69 Å². The summed E-state index contributed by atoms with van der Waals surface area (Å²) in [5.74, 6) is 0.795. The smallest absolute Gasteiger partial charge is 0.252 e. The maximum Gasteiger partial charge on any atom is 0.252 e. The van der Waals surface area contributed by atoms with E-state index >= 15 is 0 Å². The summed E-state index contributed by atoms with van der Waals surface area (Å²) in [5.41, 5.74) is 1.41. The van der Waals surface area contributed by atoms with Crippen molar-refractivity contribution in [2.75, 3.05) is 5.32 Å². The van der Waals surface area contributed by atoms with Crippen molar-refractivity contribution in [1.29, 1.82) is 0 Å². The molecule has 3 rings (SSSR count). The van der Waals surface area contributed by atoms with Gasteiger partial charge >= 0.3 is 0 Å². The molecule has 5 heteroatoms. The van der Waals surface area contributed by atoms with Crippen molar-refractivity contribution in [2.45, 2.75) is 38.3 Å². The number of pyridine rings is 1. The molecule has 0 unspecified atom stereocenters. The van der Waals surface area contributed by atoms with Crippen molar-refractivity contribution < 1.29 is 4.74 Å². The normalized spacial score (nSPS) is 15.0. The second-order valence-corrected chi connectivity index (χ2v) is 5.98. The van der Waals surface area contributed by atoms with Gasteiger partial charge in [-0.3, -0.25) is 4.79 Å². The van der Waals surface area contributed by atoms with Gasteiger partial charge in [-0.1, -0.05) is 17.7 Å². The summed E-state index contributed by atoms with van der Waals surface area (Å²) in [6.45, 7) is 0.428. The van der Waals surface area contributed by atoms with Gasteiger partial charge in [0, 0.05) is 23.3 Å². The molecule has 1 aromatic heterocycles. The van der Waals surface area contributed by atoms with Crippen LogP contribution in [0.5, 0.6) is 5.75 Å². The standard InChI is InChI=1S/C17H19ClN2O2/c18-13-7-8-16(22-14-5-1-2-6-14)15(10-13)20-11-12-4-3-9-19-17(12)21/h3-4,7-10,14,20H,1-2,5-6,11H2,(H,19,21). The molecule has 1 aromatic carbocycles. The van der Waals surface area contributed by atoms with E-state index in [1.165, 1.54) is 12.8 Å². The fourth-order valence-electron chi connectivity index (χ4n) is 2.71. The molecule has 22 heavy (non-hydrogen) atoms. The SMILES string of the molecule is O=c1[nH]cccc1CNc1cc(Cl)ccc1OC1CCCC1. The fraction of sp³-hybridized carbons (Fsp3) is 0.353. The third kappa shape index (κ3) is 3.63. The van der Waals surface area contributed by atoms with E-state index < -0.39 is 0 Å². The van der Waals surface area contributed by atoms with Crippen LogP contribution >= 0.6 is 11.6 Å². The number of hydrogen-bond acceptors (Lipinski definition) is 3. The minimum absolute atomic E-state index is 0.0877. The van der Waals surface area contributed by atoms with Crippen LogP contribution in [0.2, 0.25) is 5.02 Å². The van der Waals surface area contributed by atoms with E-state index in [4.69, 9.17) is 16.3 Å². The number of anilines is 1. The molecule has 1 saturated carbocycles. The van der Waals surface area contributed by atoms with Crippen molar-refractivity contribution in [2.24, 2.45) is 0 Å². The van der Waals surface area contributed by atoms with Gasteiger partial charge in [0.15, 0.2) is 0 Å². The first-order chi connectivity index (χ1) is 10.7. The molecule has 0 bridgehead atoms. The summed E-state index contributed by atoms with van der Waals surface area (Å²) in [6, 6.07) is 9.16. The Morgan fingerprint density at radius 2 is 2.09 bits per heavy atom. The summed E-state index contributed by atoms with van der Waals surface area (Å²) in [6.07, 6.45) is 6.54. The van der Waals surface area contributed by atoms with Gasteiger partial charge in [0.1, 0.15) is 5.75 Å². The number of aromatic amines is 1. The Kier molecular flexibility index (Phi) is 4.68. The lowest BCUT2D eigenvalue weighted by atomic mass is 10.2. The molecule has 0 atom stereocenters. The third-order valence-electron chi connectivity index (χ3n) is 3.91. The second-order valence-electron chi connectivity index (χ2n) is 5.54. The summed E-state index contributed by atoms with van der Waals surface area (Å²) >= 11 is 6.08. The average Bonchev–Trinajstić information content (AvgIpc) is 3.02. The van der Waals surface area contributed by atoms with Crippen LogP contribution in [-0.4, -0.2) is 11.1 Å². The van der Waals surface area contributed by atoms with Crippen LogP contribution in [0, 0.1) is 0 Å². The number of nitrogens with one attached hydrogen (secondary N) is 2. The van der Waals surface area contributed by atoms with E-state index in [2.05, 4.69) is 10.3 Å². The number of halogens is 1. The third-order valence-corrected chi connectivity index (χ3v) is 4.14. The number of aromatic nitrogens is 1. The molecular formula is C17H19ClN2O2. The Hall–Kier alpha value is -1.94. The highest BCUT2D eigenvalue weighted by Crippen LogP contribution is 2.32. The van der Waals surface area contributed by atoms with Gasteiger partial charge in [0.25, 0.3) is 5.56 Å². The second kappa shape index (κ2) is 6.88. The number of rotatable bonds is 5. The molecule has 0 aliphatic heterocycles. The Labute approximate surface area is 134 Å². The Bertz CT molecular complexity index is 693. The number of benzene rings is 1. The molecule has 1 aliphatic carbocycles. The lowest BCUT2D eigenvalue weighted by Crippen LogP contribution is -2.16. The quantitative estimate of drug-likeness (QED) is 0.877. The van der Waals surface area contributed by atoms with E-state index in [9.17, 15) is 4.79 Å².